The van der Waals surface area contributed by atoms with Crippen molar-refractivity contribution in [2.45, 2.75) is 6.54 Å². The molecule has 0 unspecified atom stereocenters. The average Bonchev–Trinajstić information content (AvgIpc) is 2.65. The number of fused-ring (bicyclic) bond motifs is 1. The Morgan fingerprint density at radius 1 is 1.21 bits per heavy atom. The molecule has 1 aliphatic heterocycles. The molecule has 1 amide bonds. The van der Waals surface area contributed by atoms with Crippen molar-refractivity contribution in [3.8, 4) is 0 Å². The molecule has 0 aliphatic carbocycles. The smallest absolute Gasteiger partial charge is 0.299 e. The summed E-state index contributed by atoms with van der Waals surface area (Å²) in [6.45, 7) is 0.349. The summed E-state index contributed by atoms with van der Waals surface area (Å²) < 4.78 is 0.838. The molecule has 0 N–H and O–H groups in total. The van der Waals surface area contributed by atoms with Gasteiger partial charge in [0, 0.05) is 16.9 Å². The van der Waals surface area contributed by atoms with Gasteiger partial charge in [-0.2, -0.15) is 0 Å². The molecule has 19 heavy (non-hydrogen) atoms. The molecule has 0 atom stereocenters. The molecule has 0 saturated heterocycles. The van der Waals surface area contributed by atoms with Gasteiger partial charge in [-0.1, -0.05) is 22.0 Å². The fourth-order valence-electron chi connectivity index (χ4n) is 2.10. The average molecular weight is 317 g/mol. The number of anilines is 1. The van der Waals surface area contributed by atoms with Crippen LogP contribution in [0, 0.1) is 0 Å². The fraction of sp³-hybridized carbons (Fsp3) is 0.0714. The van der Waals surface area contributed by atoms with Crippen molar-refractivity contribution in [2.75, 3.05) is 4.90 Å². The van der Waals surface area contributed by atoms with Gasteiger partial charge in [0.15, 0.2) is 0 Å². The third-order valence-corrected chi connectivity index (χ3v) is 3.49. The maximum absolute atomic E-state index is 12.0. The van der Waals surface area contributed by atoms with Crippen molar-refractivity contribution in [3.63, 3.8) is 0 Å². The molecular formula is C14H9BrN2O2. The predicted molar refractivity (Wildman–Crippen MR) is 73.9 cm³/mol. The highest BCUT2D eigenvalue weighted by atomic mass is 79.9. The zero-order valence-corrected chi connectivity index (χ0v) is 11.4. The number of rotatable bonds is 2. The fourth-order valence-corrected chi connectivity index (χ4v) is 2.45. The molecule has 1 aliphatic rings. The van der Waals surface area contributed by atoms with Crippen molar-refractivity contribution in [3.05, 3.63) is 58.3 Å². The summed E-state index contributed by atoms with van der Waals surface area (Å²) in [7, 11) is 0. The molecule has 0 spiro atoms. The van der Waals surface area contributed by atoms with E-state index >= 15 is 0 Å². The lowest BCUT2D eigenvalue weighted by Crippen LogP contribution is -2.29. The first-order chi connectivity index (χ1) is 9.16. The summed E-state index contributed by atoms with van der Waals surface area (Å²) in [5, 5.41) is 0. The number of hydrogen-bond acceptors (Lipinski definition) is 3. The van der Waals surface area contributed by atoms with E-state index in [1.54, 1.807) is 36.7 Å². The van der Waals surface area contributed by atoms with E-state index in [0.717, 1.165) is 10.0 Å². The van der Waals surface area contributed by atoms with Gasteiger partial charge in [-0.25, -0.2) is 0 Å². The lowest BCUT2D eigenvalue weighted by Gasteiger charge is -2.16. The highest BCUT2D eigenvalue weighted by Gasteiger charge is 2.35. The van der Waals surface area contributed by atoms with Gasteiger partial charge < -0.3 is 4.90 Å². The number of pyridine rings is 1. The van der Waals surface area contributed by atoms with Gasteiger partial charge in [-0.3, -0.25) is 14.6 Å². The zero-order chi connectivity index (χ0) is 13.4. The van der Waals surface area contributed by atoms with Crippen LogP contribution in [0.2, 0.25) is 0 Å². The van der Waals surface area contributed by atoms with E-state index in [-0.39, 0.29) is 0 Å². The maximum atomic E-state index is 12.0. The van der Waals surface area contributed by atoms with Gasteiger partial charge >= 0.3 is 0 Å². The van der Waals surface area contributed by atoms with E-state index in [9.17, 15) is 9.59 Å². The van der Waals surface area contributed by atoms with E-state index in [1.165, 1.54) is 4.90 Å². The van der Waals surface area contributed by atoms with Crippen LogP contribution in [-0.2, 0) is 11.3 Å². The number of nitrogens with zero attached hydrogens (tertiary/aromatic N) is 2. The first kappa shape index (κ1) is 12.0. The second kappa shape index (κ2) is 4.59. The Labute approximate surface area is 118 Å². The maximum Gasteiger partial charge on any atom is 0.299 e. The number of amides is 1. The van der Waals surface area contributed by atoms with E-state index in [1.807, 2.05) is 6.07 Å². The molecule has 3 rings (SSSR count). The number of aromatic nitrogens is 1. The summed E-state index contributed by atoms with van der Waals surface area (Å²) >= 11 is 3.36. The quantitative estimate of drug-likeness (QED) is 0.800. The van der Waals surface area contributed by atoms with Gasteiger partial charge in [-0.05, 0) is 29.8 Å². The number of carbonyl (C=O) groups is 2. The Bertz CT molecular complexity index is 670. The van der Waals surface area contributed by atoms with Crippen LogP contribution in [0.15, 0.2) is 47.2 Å². The van der Waals surface area contributed by atoms with Crippen LogP contribution in [0.1, 0.15) is 15.9 Å². The Morgan fingerprint density at radius 3 is 2.79 bits per heavy atom. The molecular weight excluding hydrogens is 308 g/mol. The van der Waals surface area contributed by atoms with Gasteiger partial charge in [0.2, 0.25) is 0 Å². The molecule has 5 heteroatoms. The van der Waals surface area contributed by atoms with E-state index in [4.69, 9.17) is 0 Å². The molecule has 0 bridgehead atoms. The zero-order valence-electron chi connectivity index (χ0n) is 9.84. The third-order valence-electron chi connectivity index (χ3n) is 3.00. The summed E-state index contributed by atoms with van der Waals surface area (Å²) in [4.78, 5) is 29.4. The highest BCUT2D eigenvalue weighted by Crippen LogP contribution is 2.32. The van der Waals surface area contributed by atoms with Crippen LogP contribution in [0.25, 0.3) is 0 Å². The first-order valence-corrected chi connectivity index (χ1v) is 6.51. The molecule has 4 nitrogen and oxygen atoms in total. The normalized spacial score (nSPS) is 13.8. The molecule has 94 valence electrons. The number of hydrogen-bond donors (Lipinski definition) is 0. The summed E-state index contributed by atoms with van der Waals surface area (Å²) in [5.41, 5.74) is 1.99. The van der Waals surface area contributed by atoms with E-state index in [0.29, 0.717) is 17.8 Å². The van der Waals surface area contributed by atoms with Crippen LogP contribution in [0.3, 0.4) is 0 Å². The summed E-state index contributed by atoms with van der Waals surface area (Å²) in [5.74, 6) is -0.941. The summed E-state index contributed by atoms with van der Waals surface area (Å²) in [6, 6.07) is 8.90. The minimum Gasteiger partial charge on any atom is -0.300 e. The predicted octanol–water partition coefficient (Wildman–Crippen LogP) is 2.57. The Kier molecular flexibility index (Phi) is 2.91. The topological polar surface area (TPSA) is 50.3 Å². The SMILES string of the molecule is O=C1C(=O)N(Cc2cccnc2)c2cc(Br)ccc21. The molecule has 0 saturated carbocycles. The molecule has 1 aromatic heterocycles. The van der Waals surface area contributed by atoms with Crippen LogP contribution < -0.4 is 4.90 Å². The van der Waals surface area contributed by atoms with Crippen molar-refractivity contribution in [1.29, 1.82) is 0 Å². The highest BCUT2D eigenvalue weighted by molar-refractivity contribution is 9.10. The summed E-state index contributed by atoms with van der Waals surface area (Å²) in [6.07, 6.45) is 3.36. The number of ketones is 1. The second-order valence-electron chi connectivity index (χ2n) is 4.24. The molecule has 0 radical (unpaired) electrons. The Hall–Kier alpha value is -2.01. The Morgan fingerprint density at radius 2 is 2.05 bits per heavy atom. The van der Waals surface area contributed by atoms with Crippen LogP contribution >= 0.6 is 15.9 Å². The number of Topliss-reactive ketones (excluding diaryl/α,β-unsaturated/α-hetero) is 1. The Balaban J connectivity index is 2.01. The van der Waals surface area contributed by atoms with Crippen LogP contribution in [0.4, 0.5) is 5.69 Å². The van der Waals surface area contributed by atoms with Crippen molar-refractivity contribution >= 4 is 33.3 Å². The lowest BCUT2D eigenvalue weighted by atomic mass is 10.1. The first-order valence-electron chi connectivity index (χ1n) is 5.71. The number of halogens is 1. The standard InChI is InChI=1S/C14H9BrN2O2/c15-10-3-4-11-12(6-10)17(14(19)13(11)18)8-9-2-1-5-16-7-9/h1-7H,8H2. The van der Waals surface area contributed by atoms with Crippen molar-refractivity contribution in [2.24, 2.45) is 0 Å². The second-order valence-corrected chi connectivity index (χ2v) is 5.16. The minimum atomic E-state index is -0.489. The van der Waals surface area contributed by atoms with E-state index in [2.05, 4.69) is 20.9 Å². The number of carbonyl (C=O) groups excluding carboxylic acids is 2. The largest absolute Gasteiger partial charge is 0.300 e. The lowest BCUT2D eigenvalue weighted by molar-refractivity contribution is -0.114. The molecule has 0 fully saturated rings. The van der Waals surface area contributed by atoms with Gasteiger partial charge in [0.1, 0.15) is 0 Å². The third kappa shape index (κ3) is 2.06. The number of benzene rings is 1. The van der Waals surface area contributed by atoms with Crippen molar-refractivity contribution in [1.82, 2.24) is 4.98 Å². The molecule has 2 aromatic rings. The van der Waals surface area contributed by atoms with Crippen LogP contribution in [0.5, 0.6) is 0 Å². The molecule has 1 aromatic carbocycles. The van der Waals surface area contributed by atoms with Crippen molar-refractivity contribution < 1.29 is 9.59 Å². The van der Waals surface area contributed by atoms with Crippen LogP contribution in [-0.4, -0.2) is 16.7 Å². The van der Waals surface area contributed by atoms with Gasteiger partial charge in [-0.15, -0.1) is 0 Å². The van der Waals surface area contributed by atoms with Gasteiger partial charge in [0.05, 0.1) is 17.8 Å². The monoisotopic (exact) mass is 316 g/mol. The minimum absolute atomic E-state index is 0.349. The van der Waals surface area contributed by atoms with Gasteiger partial charge in [0.25, 0.3) is 11.7 Å². The molecule has 2 heterocycles. The van der Waals surface area contributed by atoms with E-state index < -0.39 is 11.7 Å².